The molecular weight excluding hydrogens is 318 g/mol. The van der Waals surface area contributed by atoms with Crippen LogP contribution in [-0.2, 0) is 9.59 Å². The second-order valence-corrected chi connectivity index (χ2v) is 5.91. The number of hydrogen-bond donors (Lipinski definition) is 2. The average Bonchev–Trinajstić information content (AvgIpc) is 2.97. The fraction of sp³-hybridized carbons (Fsp3) is 0.263. The Bertz CT molecular complexity index is 731. The minimum atomic E-state index is -0.159. The molecule has 130 valence electrons. The van der Waals surface area contributed by atoms with Crippen molar-refractivity contribution >= 4 is 17.5 Å². The van der Waals surface area contributed by atoms with E-state index in [1.54, 1.807) is 11.9 Å². The number of para-hydroxylation sites is 1. The summed E-state index contributed by atoms with van der Waals surface area (Å²) in [6.45, 7) is 0.726. The monoisotopic (exact) mass is 339 g/mol. The van der Waals surface area contributed by atoms with E-state index >= 15 is 0 Å². The maximum atomic E-state index is 12.2. The lowest BCUT2D eigenvalue weighted by Crippen LogP contribution is -2.41. The number of rotatable bonds is 6. The first-order chi connectivity index (χ1) is 12.2. The first-order valence-electron chi connectivity index (χ1n) is 8.23. The van der Waals surface area contributed by atoms with Gasteiger partial charge in [-0.25, -0.2) is 0 Å². The van der Waals surface area contributed by atoms with Crippen LogP contribution in [0.5, 0.6) is 11.5 Å². The van der Waals surface area contributed by atoms with E-state index in [9.17, 15) is 9.59 Å². The number of carbonyl (C=O) groups excluding carboxylic acids is 2. The van der Waals surface area contributed by atoms with Gasteiger partial charge in [0.2, 0.25) is 11.8 Å². The number of benzene rings is 2. The van der Waals surface area contributed by atoms with Crippen LogP contribution in [0.15, 0.2) is 54.6 Å². The smallest absolute Gasteiger partial charge is 0.234 e. The minimum absolute atomic E-state index is 0.00600. The van der Waals surface area contributed by atoms with Gasteiger partial charge in [0, 0.05) is 18.7 Å². The van der Waals surface area contributed by atoms with Gasteiger partial charge in [0.1, 0.15) is 11.5 Å². The van der Waals surface area contributed by atoms with Crippen molar-refractivity contribution in [3.05, 3.63) is 54.6 Å². The summed E-state index contributed by atoms with van der Waals surface area (Å²) in [5.41, 5.74) is 0.802. The van der Waals surface area contributed by atoms with Crippen molar-refractivity contribution in [2.75, 3.05) is 25.0 Å². The van der Waals surface area contributed by atoms with Crippen molar-refractivity contribution in [3.63, 3.8) is 0 Å². The molecule has 0 bridgehead atoms. The highest BCUT2D eigenvalue weighted by Crippen LogP contribution is 2.26. The molecule has 6 nitrogen and oxygen atoms in total. The van der Waals surface area contributed by atoms with Gasteiger partial charge in [-0.1, -0.05) is 18.2 Å². The summed E-state index contributed by atoms with van der Waals surface area (Å²) < 4.78 is 5.76. The molecule has 0 saturated carbocycles. The van der Waals surface area contributed by atoms with Gasteiger partial charge in [-0.2, -0.15) is 0 Å². The Labute approximate surface area is 146 Å². The number of hydrogen-bond acceptors (Lipinski definition) is 4. The summed E-state index contributed by atoms with van der Waals surface area (Å²) in [5.74, 6) is 1.38. The Balaban J connectivity index is 1.62. The molecule has 1 saturated heterocycles. The number of amides is 2. The molecule has 2 aromatic rings. The van der Waals surface area contributed by atoms with E-state index in [4.69, 9.17) is 4.74 Å². The molecule has 0 spiro atoms. The van der Waals surface area contributed by atoms with Crippen LogP contribution in [0.1, 0.15) is 6.42 Å². The highest BCUT2D eigenvalue weighted by Gasteiger charge is 2.31. The third-order valence-electron chi connectivity index (χ3n) is 3.95. The van der Waals surface area contributed by atoms with Crippen LogP contribution in [0.3, 0.4) is 0 Å². The van der Waals surface area contributed by atoms with E-state index in [2.05, 4.69) is 10.6 Å². The average molecular weight is 339 g/mol. The Morgan fingerprint density at radius 2 is 1.80 bits per heavy atom. The SMILES string of the molecule is CNCC(=O)NC1CC(=O)N(c2ccc(Oc3ccccc3)cc2)C1. The number of likely N-dealkylation sites (N-methyl/N-ethyl adjacent to an activating group) is 1. The minimum Gasteiger partial charge on any atom is -0.457 e. The number of anilines is 1. The Morgan fingerprint density at radius 1 is 1.12 bits per heavy atom. The largest absolute Gasteiger partial charge is 0.457 e. The first-order valence-corrected chi connectivity index (χ1v) is 8.23. The van der Waals surface area contributed by atoms with Crippen molar-refractivity contribution in [1.82, 2.24) is 10.6 Å². The van der Waals surface area contributed by atoms with Crippen LogP contribution >= 0.6 is 0 Å². The van der Waals surface area contributed by atoms with Crippen LogP contribution < -0.4 is 20.3 Å². The molecule has 1 heterocycles. The molecule has 1 unspecified atom stereocenters. The van der Waals surface area contributed by atoms with E-state index in [-0.39, 0.29) is 24.4 Å². The summed E-state index contributed by atoms with van der Waals surface area (Å²) in [4.78, 5) is 25.6. The molecule has 2 aromatic carbocycles. The third kappa shape index (κ3) is 4.36. The topological polar surface area (TPSA) is 70.7 Å². The van der Waals surface area contributed by atoms with Gasteiger partial charge >= 0.3 is 0 Å². The highest BCUT2D eigenvalue weighted by molar-refractivity contribution is 5.97. The lowest BCUT2D eigenvalue weighted by molar-refractivity contribution is -0.120. The zero-order valence-corrected chi connectivity index (χ0v) is 14.1. The predicted octanol–water partition coefficient (Wildman–Crippen LogP) is 1.92. The normalized spacial score (nSPS) is 16.8. The van der Waals surface area contributed by atoms with E-state index < -0.39 is 0 Å². The molecule has 1 atom stereocenters. The van der Waals surface area contributed by atoms with Gasteiger partial charge < -0.3 is 20.3 Å². The molecule has 2 amide bonds. The number of nitrogens with zero attached hydrogens (tertiary/aromatic N) is 1. The van der Waals surface area contributed by atoms with Crippen LogP contribution in [0.4, 0.5) is 5.69 Å². The molecule has 3 rings (SSSR count). The van der Waals surface area contributed by atoms with Crippen molar-refractivity contribution < 1.29 is 14.3 Å². The Kier molecular flexibility index (Phi) is 5.30. The Morgan fingerprint density at radius 3 is 2.48 bits per heavy atom. The molecule has 25 heavy (non-hydrogen) atoms. The van der Waals surface area contributed by atoms with Crippen LogP contribution in [0.25, 0.3) is 0 Å². The lowest BCUT2D eigenvalue weighted by atomic mass is 10.2. The van der Waals surface area contributed by atoms with Gasteiger partial charge in [-0.15, -0.1) is 0 Å². The van der Waals surface area contributed by atoms with Gasteiger partial charge in [0.15, 0.2) is 0 Å². The molecule has 1 aliphatic rings. The summed E-state index contributed by atoms with van der Waals surface area (Å²) in [7, 11) is 1.71. The van der Waals surface area contributed by atoms with E-state index in [0.717, 1.165) is 11.4 Å². The molecule has 2 N–H and O–H groups in total. The molecule has 0 aliphatic carbocycles. The van der Waals surface area contributed by atoms with E-state index in [1.807, 2.05) is 54.6 Å². The van der Waals surface area contributed by atoms with Gasteiger partial charge in [0.25, 0.3) is 0 Å². The second kappa shape index (κ2) is 7.81. The molecule has 0 radical (unpaired) electrons. The number of carbonyl (C=O) groups is 2. The summed E-state index contributed by atoms with van der Waals surface area (Å²) >= 11 is 0. The molecular formula is C19H21N3O3. The molecule has 1 aliphatic heterocycles. The van der Waals surface area contributed by atoms with E-state index in [1.165, 1.54) is 0 Å². The second-order valence-electron chi connectivity index (χ2n) is 5.91. The van der Waals surface area contributed by atoms with Gasteiger partial charge in [-0.05, 0) is 43.4 Å². The van der Waals surface area contributed by atoms with Crippen molar-refractivity contribution in [2.24, 2.45) is 0 Å². The van der Waals surface area contributed by atoms with Crippen molar-refractivity contribution in [1.29, 1.82) is 0 Å². The zero-order valence-electron chi connectivity index (χ0n) is 14.1. The van der Waals surface area contributed by atoms with Gasteiger partial charge in [0.05, 0.1) is 12.6 Å². The molecule has 0 aromatic heterocycles. The maximum Gasteiger partial charge on any atom is 0.234 e. The van der Waals surface area contributed by atoms with Crippen molar-refractivity contribution in [2.45, 2.75) is 12.5 Å². The zero-order chi connectivity index (χ0) is 17.6. The van der Waals surface area contributed by atoms with Crippen molar-refractivity contribution in [3.8, 4) is 11.5 Å². The van der Waals surface area contributed by atoms with Crippen LogP contribution in [0, 0.1) is 0 Å². The summed E-state index contributed by atoms with van der Waals surface area (Å²) in [6.07, 6.45) is 0.317. The standard InChI is InChI=1S/C19H21N3O3/c1-20-12-18(23)21-14-11-19(24)22(13-14)15-7-9-17(10-8-15)25-16-5-3-2-4-6-16/h2-10,14,20H,11-13H2,1H3,(H,21,23). The fourth-order valence-corrected chi connectivity index (χ4v) is 2.81. The first kappa shape index (κ1) is 17.0. The lowest BCUT2D eigenvalue weighted by Gasteiger charge is -2.17. The van der Waals surface area contributed by atoms with Crippen LogP contribution in [-0.4, -0.2) is 38.0 Å². The number of ether oxygens (including phenoxy) is 1. The predicted molar refractivity (Wildman–Crippen MR) is 95.8 cm³/mol. The molecule has 6 heteroatoms. The summed E-state index contributed by atoms with van der Waals surface area (Å²) in [5, 5.41) is 5.66. The van der Waals surface area contributed by atoms with E-state index in [0.29, 0.717) is 18.7 Å². The highest BCUT2D eigenvalue weighted by atomic mass is 16.5. The third-order valence-corrected chi connectivity index (χ3v) is 3.95. The Hall–Kier alpha value is -2.86. The van der Waals surface area contributed by atoms with Crippen LogP contribution in [0.2, 0.25) is 0 Å². The van der Waals surface area contributed by atoms with Gasteiger partial charge in [-0.3, -0.25) is 9.59 Å². The molecule has 1 fully saturated rings. The maximum absolute atomic E-state index is 12.2. The summed E-state index contributed by atoms with van der Waals surface area (Å²) in [6, 6.07) is 16.7. The fourth-order valence-electron chi connectivity index (χ4n) is 2.81. The quantitative estimate of drug-likeness (QED) is 0.843. The number of nitrogens with one attached hydrogen (secondary N) is 2.